The molecular weight excluding hydrogens is 507 g/mol. The molecule has 2 heterocycles. The predicted octanol–water partition coefficient (Wildman–Crippen LogP) is 5.16. The molecule has 12 heteroatoms. The number of piperidine rings is 1. The Morgan fingerprint density at radius 3 is 2.29 bits per heavy atom. The highest BCUT2D eigenvalue weighted by Gasteiger charge is 2.30. The van der Waals surface area contributed by atoms with Gasteiger partial charge in [0.2, 0.25) is 5.03 Å². The summed E-state index contributed by atoms with van der Waals surface area (Å²) in [5.41, 5.74) is 0.219. The Morgan fingerprint density at radius 2 is 1.69 bits per heavy atom. The molecule has 2 N–H and O–H groups in total. The van der Waals surface area contributed by atoms with E-state index in [-0.39, 0.29) is 28.7 Å². The summed E-state index contributed by atoms with van der Waals surface area (Å²) in [6.45, 7) is 0.672. The third kappa shape index (κ3) is 5.42. The van der Waals surface area contributed by atoms with E-state index in [0.29, 0.717) is 32.0 Å². The molecule has 184 valence electrons. The summed E-state index contributed by atoms with van der Waals surface area (Å²) in [5, 5.41) is 0.994. The van der Waals surface area contributed by atoms with Gasteiger partial charge in [-0.05, 0) is 48.6 Å². The molecule has 4 rings (SSSR count). The van der Waals surface area contributed by atoms with Gasteiger partial charge in [-0.15, -0.1) is 0 Å². The van der Waals surface area contributed by atoms with Gasteiger partial charge < -0.3 is 10.2 Å². The molecule has 1 aromatic heterocycles. The summed E-state index contributed by atoms with van der Waals surface area (Å²) in [4.78, 5) is 18.5. The molecule has 3 aromatic rings. The van der Waals surface area contributed by atoms with E-state index >= 15 is 0 Å². The Kier molecular flexibility index (Phi) is 7.02. The first-order valence-corrected chi connectivity index (χ1v) is 12.3. The number of pyridine rings is 1. The van der Waals surface area contributed by atoms with Gasteiger partial charge in [0, 0.05) is 25.4 Å². The van der Waals surface area contributed by atoms with Crippen molar-refractivity contribution in [3.63, 3.8) is 0 Å². The Labute approximate surface area is 204 Å². The summed E-state index contributed by atoms with van der Waals surface area (Å²) in [6, 6.07) is 8.78. The Balaban J connectivity index is 1.63. The molecular formula is C23H19ClF3N3O4S. The van der Waals surface area contributed by atoms with E-state index in [4.69, 9.17) is 11.6 Å². The maximum Gasteiger partial charge on any atom is 0.313 e. The van der Waals surface area contributed by atoms with E-state index < -0.39 is 37.7 Å². The summed E-state index contributed by atoms with van der Waals surface area (Å²) in [5.74, 6) is -2.62. The molecule has 0 spiro atoms. The number of aromatic nitrogens is 1. The molecule has 2 aromatic carbocycles. The average Bonchev–Trinajstić information content (AvgIpc) is 2.81. The predicted molar refractivity (Wildman–Crippen MR) is 123 cm³/mol. The molecule has 0 unspecified atom stereocenters. The molecule has 1 aliphatic rings. The van der Waals surface area contributed by atoms with Gasteiger partial charge in [-0.3, -0.25) is 9.35 Å². The average molecular weight is 526 g/mol. The van der Waals surface area contributed by atoms with Gasteiger partial charge in [0.05, 0.1) is 16.9 Å². The maximum atomic E-state index is 14.3. The molecule has 0 atom stereocenters. The van der Waals surface area contributed by atoms with Gasteiger partial charge in [0.15, 0.2) is 0 Å². The molecule has 0 radical (unpaired) electrons. The number of hydrogen-bond donors (Lipinski definition) is 2. The van der Waals surface area contributed by atoms with E-state index in [0.717, 1.165) is 23.9 Å². The van der Waals surface area contributed by atoms with Gasteiger partial charge >= 0.3 is 10.1 Å². The van der Waals surface area contributed by atoms with Crippen LogP contribution in [0, 0.1) is 17.5 Å². The number of nitrogens with zero attached hydrogens (tertiary/aromatic N) is 2. The third-order valence-electron chi connectivity index (χ3n) is 5.78. The normalized spacial score (nSPS) is 14.7. The highest BCUT2D eigenvalue weighted by atomic mass is 35.5. The highest BCUT2D eigenvalue weighted by Crippen LogP contribution is 2.36. The minimum absolute atomic E-state index is 0.120. The van der Waals surface area contributed by atoms with Crippen LogP contribution in [-0.2, 0) is 10.1 Å². The van der Waals surface area contributed by atoms with Crippen LogP contribution in [0.5, 0.6) is 0 Å². The molecule has 35 heavy (non-hydrogen) atoms. The number of nitrogens with one attached hydrogen (secondary N) is 1. The number of benzene rings is 2. The zero-order valence-electron chi connectivity index (χ0n) is 18.0. The molecule has 7 nitrogen and oxygen atoms in total. The van der Waals surface area contributed by atoms with Crippen molar-refractivity contribution in [3.05, 3.63) is 82.3 Å². The zero-order valence-corrected chi connectivity index (χ0v) is 19.6. The van der Waals surface area contributed by atoms with E-state index in [1.807, 2.05) is 0 Å². The van der Waals surface area contributed by atoms with E-state index in [2.05, 4.69) is 10.3 Å². The van der Waals surface area contributed by atoms with Crippen LogP contribution >= 0.6 is 11.6 Å². The van der Waals surface area contributed by atoms with Crippen molar-refractivity contribution >= 4 is 39.0 Å². The van der Waals surface area contributed by atoms with E-state index in [9.17, 15) is 30.9 Å². The molecule has 0 saturated carbocycles. The minimum Gasteiger partial charge on any atom is -0.351 e. The molecule has 1 aliphatic heterocycles. The molecule has 1 amide bonds. The highest BCUT2D eigenvalue weighted by molar-refractivity contribution is 7.85. The Bertz CT molecular complexity index is 1380. The lowest BCUT2D eigenvalue weighted by Crippen LogP contribution is -2.38. The monoisotopic (exact) mass is 525 g/mol. The number of carbonyl (C=O) groups is 1. The fourth-order valence-corrected chi connectivity index (χ4v) is 4.99. The summed E-state index contributed by atoms with van der Waals surface area (Å²) >= 11 is 6.17. The van der Waals surface area contributed by atoms with Crippen LogP contribution in [-0.4, -0.2) is 41.9 Å². The second kappa shape index (κ2) is 9.84. The SMILES string of the molecule is O=C(c1cnc(S(=O)(=O)O)c(Cl)c1Nc1ccc(F)cc1F)N1CCC(c2ccc(F)cc2)CC1. The lowest BCUT2D eigenvalue weighted by Gasteiger charge is -2.32. The van der Waals surface area contributed by atoms with Gasteiger partial charge in [0.1, 0.15) is 22.5 Å². The van der Waals surface area contributed by atoms with Crippen molar-refractivity contribution < 1.29 is 30.9 Å². The standard InChI is InChI=1S/C23H19ClF3N3O4S/c24-20-21(29-19-6-5-16(26)11-18(19)27)17(12-28-22(20)35(32,33)34)23(31)30-9-7-14(8-10-30)13-1-3-15(25)4-2-13/h1-6,11-12,14H,7-10H2,(H,28,29)(H,32,33,34). The largest absolute Gasteiger partial charge is 0.351 e. The lowest BCUT2D eigenvalue weighted by molar-refractivity contribution is 0.0713. The number of rotatable bonds is 5. The van der Waals surface area contributed by atoms with Crippen LogP contribution < -0.4 is 5.32 Å². The van der Waals surface area contributed by atoms with E-state index in [1.165, 1.54) is 17.0 Å². The van der Waals surface area contributed by atoms with Crippen molar-refractivity contribution in [2.75, 3.05) is 18.4 Å². The molecule has 0 aliphatic carbocycles. The maximum absolute atomic E-state index is 14.3. The van der Waals surface area contributed by atoms with Gasteiger partial charge in [0.25, 0.3) is 5.91 Å². The summed E-state index contributed by atoms with van der Waals surface area (Å²) < 4.78 is 73.6. The van der Waals surface area contributed by atoms with Crippen molar-refractivity contribution in [1.82, 2.24) is 9.88 Å². The topological polar surface area (TPSA) is 99.6 Å². The van der Waals surface area contributed by atoms with Crippen LogP contribution in [0.1, 0.15) is 34.7 Å². The first-order valence-electron chi connectivity index (χ1n) is 10.5. The van der Waals surface area contributed by atoms with Crippen LogP contribution in [0.2, 0.25) is 5.02 Å². The molecule has 1 fully saturated rings. The second-order valence-corrected chi connectivity index (χ2v) is 9.72. The van der Waals surface area contributed by atoms with Crippen LogP contribution in [0.15, 0.2) is 53.7 Å². The van der Waals surface area contributed by atoms with Crippen molar-refractivity contribution in [3.8, 4) is 0 Å². The van der Waals surface area contributed by atoms with Gasteiger partial charge in [-0.2, -0.15) is 8.42 Å². The van der Waals surface area contributed by atoms with Gasteiger partial charge in [-0.1, -0.05) is 23.7 Å². The number of hydrogen-bond acceptors (Lipinski definition) is 5. The smallest absolute Gasteiger partial charge is 0.313 e. The van der Waals surface area contributed by atoms with Crippen molar-refractivity contribution in [2.24, 2.45) is 0 Å². The quantitative estimate of drug-likeness (QED) is 0.446. The number of carbonyl (C=O) groups excluding carboxylic acids is 1. The fourth-order valence-electron chi connectivity index (χ4n) is 3.98. The second-order valence-electron chi connectivity index (χ2n) is 8.01. The number of halogens is 4. The Hall–Kier alpha value is -3.15. The molecule has 1 saturated heterocycles. The number of amides is 1. The van der Waals surface area contributed by atoms with Crippen molar-refractivity contribution in [1.29, 1.82) is 0 Å². The fraction of sp³-hybridized carbons (Fsp3) is 0.217. The number of likely N-dealkylation sites (tertiary alicyclic amines) is 1. The lowest BCUT2D eigenvalue weighted by atomic mass is 9.89. The zero-order chi connectivity index (χ0) is 25.3. The van der Waals surface area contributed by atoms with Crippen LogP contribution in [0.4, 0.5) is 24.5 Å². The first kappa shape index (κ1) is 25.0. The first-order chi connectivity index (χ1) is 16.5. The van der Waals surface area contributed by atoms with Gasteiger partial charge in [-0.25, -0.2) is 18.2 Å². The molecule has 0 bridgehead atoms. The number of anilines is 2. The van der Waals surface area contributed by atoms with E-state index in [1.54, 1.807) is 12.1 Å². The van der Waals surface area contributed by atoms with Crippen molar-refractivity contribution in [2.45, 2.75) is 23.8 Å². The van der Waals surface area contributed by atoms with Crippen LogP contribution in [0.25, 0.3) is 0 Å². The minimum atomic E-state index is -4.86. The Morgan fingerprint density at radius 1 is 1.06 bits per heavy atom. The third-order valence-corrected chi connectivity index (χ3v) is 7.05. The van der Waals surface area contributed by atoms with Crippen LogP contribution in [0.3, 0.4) is 0 Å². The summed E-state index contributed by atoms with van der Waals surface area (Å²) in [7, 11) is -4.86. The summed E-state index contributed by atoms with van der Waals surface area (Å²) in [6.07, 6.45) is 2.11.